The van der Waals surface area contributed by atoms with E-state index in [2.05, 4.69) is 14.7 Å². The number of anilines is 1. The molecule has 6 nitrogen and oxygen atoms in total. The van der Waals surface area contributed by atoms with Gasteiger partial charge in [0.1, 0.15) is 0 Å². The van der Waals surface area contributed by atoms with Gasteiger partial charge in [-0.15, -0.1) is 0 Å². The first-order chi connectivity index (χ1) is 13.3. The number of imidazole rings is 1. The number of nitrogens with one attached hydrogen (secondary N) is 1. The molecule has 2 aromatic carbocycles. The van der Waals surface area contributed by atoms with Crippen molar-refractivity contribution >= 4 is 21.5 Å². The van der Waals surface area contributed by atoms with Gasteiger partial charge < -0.3 is 0 Å². The number of aryl methyl sites for hydroxylation is 3. The summed E-state index contributed by atoms with van der Waals surface area (Å²) >= 11 is 0. The van der Waals surface area contributed by atoms with E-state index in [0.717, 1.165) is 28.1 Å². The van der Waals surface area contributed by atoms with E-state index in [0.29, 0.717) is 11.5 Å². The van der Waals surface area contributed by atoms with Gasteiger partial charge in [-0.2, -0.15) is 0 Å². The van der Waals surface area contributed by atoms with E-state index in [4.69, 9.17) is 0 Å². The Morgan fingerprint density at radius 2 is 1.64 bits per heavy atom. The van der Waals surface area contributed by atoms with Crippen LogP contribution in [0.1, 0.15) is 16.8 Å². The van der Waals surface area contributed by atoms with Gasteiger partial charge in [0.2, 0.25) is 5.78 Å². The van der Waals surface area contributed by atoms with E-state index in [-0.39, 0.29) is 4.90 Å². The van der Waals surface area contributed by atoms with Crippen LogP contribution in [-0.4, -0.2) is 22.8 Å². The smallest absolute Gasteiger partial charge is 0.261 e. The van der Waals surface area contributed by atoms with Crippen LogP contribution >= 0.6 is 0 Å². The minimum atomic E-state index is -3.64. The third-order valence-electron chi connectivity index (χ3n) is 4.69. The van der Waals surface area contributed by atoms with Crippen LogP contribution in [0.2, 0.25) is 0 Å². The summed E-state index contributed by atoms with van der Waals surface area (Å²) in [6, 6.07) is 14.2. The van der Waals surface area contributed by atoms with E-state index in [1.807, 2.05) is 61.8 Å². The molecule has 0 unspecified atom stereocenters. The standard InChI is InChI=1S/C21H20N4O2S/c1-14-4-9-19(12-15(14)2)28(26,27)24-18-7-5-17(6-8-18)20-13-25-11-10-16(3)22-21(25)23-20/h4-13,24H,1-3H3. The van der Waals surface area contributed by atoms with Crippen LogP contribution in [0.5, 0.6) is 0 Å². The first-order valence-electron chi connectivity index (χ1n) is 8.85. The molecule has 1 N–H and O–H groups in total. The highest BCUT2D eigenvalue weighted by Crippen LogP contribution is 2.23. The van der Waals surface area contributed by atoms with Crippen molar-refractivity contribution in [2.75, 3.05) is 4.72 Å². The Hall–Kier alpha value is -3.19. The number of aromatic nitrogens is 3. The van der Waals surface area contributed by atoms with Crippen LogP contribution in [0, 0.1) is 20.8 Å². The normalized spacial score (nSPS) is 11.7. The van der Waals surface area contributed by atoms with E-state index in [1.165, 1.54) is 0 Å². The third-order valence-corrected chi connectivity index (χ3v) is 6.07. The molecule has 0 aliphatic heterocycles. The Bertz CT molecular complexity index is 1280. The number of rotatable bonds is 4. The Morgan fingerprint density at radius 3 is 2.36 bits per heavy atom. The maximum Gasteiger partial charge on any atom is 0.261 e. The van der Waals surface area contributed by atoms with Gasteiger partial charge >= 0.3 is 0 Å². The van der Waals surface area contributed by atoms with Gasteiger partial charge in [-0.05, 0) is 62.2 Å². The summed E-state index contributed by atoms with van der Waals surface area (Å²) in [4.78, 5) is 9.17. The molecule has 4 aromatic rings. The summed E-state index contributed by atoms with van der Waals surface area (Å²) in [7, 11) is -3.64. The van der Waals surface area contributed by atoms with E-state index in [9.17, 15) is 8.42 Å². The molecular weight excluding hydrogens is 372 g/mol. The summed E-state index contributed by atoms with van der Waals surface area (Å²) in [5, 5.41) is 0. The number of nitrogens with zero attached hydrogens (tertiary/aromatic N) is 3. The largest absolute Gasteiger partial charge is 0.291 e. The van der Waals surface area contributed by atoms with Gasteiger partial charge in [0, 0.05) is 29.3 Å². The van der Waals surface area contributed by atoms with Crippen molar-refractivity contribution in [3.8, 4) is 11.3 Å². The van der Waals surface area contributed by atoms with Gasteiger partial charge in [0.05, 0.1) is 10.6 Å². The second-order valence-corrected chi connectivity index (χ2v) is 8.51. The van der Waals surface area contributed by atoms with Crippen molar-refractivity contribution in [2.45, 2.75) is 25.7 Å². The van der Waals surface area contributed by atoms with Crippen LogP contribution < -0.4 is 4.72 Å². The summed E-state index contributed by atoms with van der Waals surface area (Å²) in [5.74, 6) is 0.634. The van der Waals surface area contributed by atoms with Crippen molar-refractivity contribution in [1.82, 2.24) is 14.4 Å². The monoisotopic (exact) mass is 392 g/mol. The minimum absolute atomic E-state index is 0.251. The second kappa shape index (κ2) is 6.76. The lowest BCUT2D eigenvalue weighted by molar-refractivity contribution is 0.601. The molecular formula is C21H20N4O2S. The third kappa shape index (κ3) is 3.48. The summed E-state index contributed by atoms with van der Waals surface area (Å²) in [5.41, 5.74) is 5.06. The first-order valence-corrected chi connectivity index (χ1v) is 10.3. The van der Waals surface area contributed by atoms with Crippen molar-refractivity contribution in [1.29, 1.82) is 0 Å². The van der Waals surface area contributed by atoms with Gasteiger partial charge in [-0.3, -0.25) is 9.12 Å². The van der Waals surface area contributed by atoms with Crippen molar-refractivity contribution < 1.29 is 8.42 Å². The van der Waals surface area contributed by atoms with Gasteiger partial charge in [0.25, 0.3) is 10.0 Å². The van der Waals surface area contributed by atoms with Gasteiger partial charge in [-0.1, -0.05) is 18.2 Å². The molecule has 4 rings (SSSR count). The predicted molar refractivity (Wildman–Crippen MR) is 110 cm³/mol. The minimum Gasteiger partial charge on any atom is -0.291 e. The Kier molecular flexibility index (Phi) is 4.39. The highest BCUT2D eigenvalue weighted by Gasteiger charge is 2.15. The molecule has 2 heterocycles. The molecule has 0 amide bonds. The average Bonchev–Trinajstić information content (AvgIpc) is 3.07. The van der Waals surface area contributed by atoms with Crippen molar-refractivity contribution in [3.63, 3.8) is 0 Å². The molecule has 0 aliphatic rings. The van der Waals surface area contributed by atoms with Crippen molar-refractivity contribution in [3.05, 3.63) is 77.7 Å². The Labute approximate surface area is 164 Å². The molecule has 2 aromatic heterocycles. The van der Waals surface area contributed by atoms with Crippen LogP contribution in [0.4, 0.5) is 5.69 Å². The van der Waals surface area contributed by atoms with Crippen LogP contribution in [0.15, 0.2) is 65.8 Å². The Morgan fingerprint density at radius 1 is 0.893 bits per heavy atom. The SMILES string of the molecule is Cc1ccn2cc(-c3ccc(NS(=O)(=O)c4ccc(C)c(C)c4)cc3)nc2n1. The van der Waals surface area contributed by atoms with E-state index in [1.54, 1.807) is 24.3 Å². The fourth-order valence-electron chi connectivity index (χ4n) is 2.90. The molecule has 0 saturated carbocycles. The molecule has 0 spiro atoms. The van der Waals surface area contributed by atoms with Gasteiger partial charge in [0.15, 0.2) is 0 Å². The maximum absolute atomic E-state index is 12.6. The molecule has 7 heteroatoms. The number of hydrogen-bond acceptors (Lipinski definition) is 4. The molecule has 28 heavy (non-hydrogen) atoms. The molecule has 0 aliphatic carbocycles. The van der Waals surface area contributed by atoms with E-state index < -0.39 is 10.0 Å². The maximum atomic E-state index is 12.6. The molecule has 0 radical (unpaired) electrons. The van der Waals surface area contributed by atoms with Crippen LogP contribution in [0.25, 0.3) is 17.0 Å². The fraction of sp³-hybridized carbons (Fsp3) is 0.143. The zero-order valence-corrected chi connectivity index (χ0v) is 16.7. The molecule has 142 valence electrons. The van der Waals surface area contributed by atoms with Crippen molar-refractivity contribution in [2.24, 2.45) is 0 Å². The number of benzene rings is 2. The zero-order valence-electron chi connectivity index (χ0n) is 15.8. The second-order valence-electron chi connectivity index (χ2n) is 6.83. The van der Waals surface area contributed by atoms with Crippen LogP contribution in [-0.2, 0) is 10.0 Å². The molecule has 0 fully saturated rings. The lowest BCUT2D eigenvalue weighted by atomic mass is 10.1. The number of fused-ring (bicyclic) bond motifs is 1. The highest BCUT2D eigenvalue weighted by atomic mass is 32.2. The Balaban J connectivity index is 1.59. The average molecular weight is 392 g/mol. The summed E-state index contributed by atoms with van der Waals surface area (Å²) < 4.78 is 29.8. The summed E-state index contributed by atoms with van der Waals surface area (Å²) in [6.45, 7) is 5.77. The van der Waals surface area contributed by atoms with Crippen LogP contribution in [0.3, 0.4) is 0 Å². The quantitative estimate of drug-likeness (QED) is 0.567. The summed E-state index contributed by atoms with van der Waals surface area (Å²) in [6.07, 6.45) is 3.82. The first kappa shape index (κ1) is 18.2. The number of hydrogen-bond donors (Lipinski definition) is 1. The highest BCUT2D eigenvalue weighted by molar-refractivity contribution is 7.92. The predicted octanol–water partition coefficient (Wildman–Crippen LogP) is 4.12. The molecule has 0 bridgehead atoms. The fourth-order valence-corrected chi connectivity index (χ4v) is 4.05. The number of sulfonamides is 1. The molecule has 0 saturated heterocycles. The molecule has 0 atom stereocenters. The lowest BCUT2D eigenvalue weighted by Crippen LogP contribution is -2.13. The van der Waals surface area contributed by atoms with E-state index >= 15 is 0 Å². The zero-order chi connectivity index (χ0) is 19.9. The lowest BCUT2D eigenvalue weighted by Gasteiger charge is -2.10. The topological polar surface area (TPSA) is 76.4 Å². The van der Waals surface area contributed by atoms with Gasteiger partial charge in [-0.25, -0.2) is 18.4 Å².